The molecule has 0 aromatic heterocycles. The predicted molar refractivity (Wildman–Crippen MR) is 48.4 cm³/mol. The average Bonchev–Trinajstić information content (AvgIpc) is 2.11. The predicted octanol–water partition coefficient (Wildman–Crippen LogP) is 0.745. The maximum Gasteiger partial charge on any atom is 0.0700 e. The molecule has 3 nitrogen and oxygen atoms in total. The van der Waals surface area contributed by atoms with Gasteiger partial charge in [0.1, 0.15) is 0 Å². The first kappa shape index (κ1) is 9.96. The van der Waals surface area contributed by atoms with Gasteiger partial charge in [0.2, 0.25) is 0 Å². The summed E-state index contributed by atoms with van der Waals surface area (Å²) in [6.45, 7) is 5.52. The van der Waals surface area contributed by atoms with Crippen molar-refractivity contribution in [3.8, 4) is 0 Å². The summed E-state index contributed by atoms with van der Waals surface area (Å²) < 4.78 is 10.7. The molecule has 0 atom stereocenters. The number of nitrogens with zero attached hydrogens (tertiary/aromatic N) is 1. The molecule has 1 aliphatic rings. The van der Waals surface area contributed by atoms with Gasteiger partial charge in [0.25, 0.3) is 0 Å². The van der Waals surface area contributed by atoms with Crippen LogP contribution in [0.2, 0.25) is 0 Å². The Hall–Kier alpha value is -0.120. The maximum absolute atomic E-state index is 5.36. The molecule has 1 aliphatic heterocycles. The van der Waals surface area contributed by atoms with E-state index in [9.17, 15) is 0 Å². The maximum atomic E-state index is 5.36. The first-order valence-corrected chi connectivity index (χ1v) is 4.73. The van der Waals surface area contributed by atoms with Crippen molar-refractivity contribution in [2.45, 2.75) is 12.8 Å². The first-order chi connectivity index (χ1) is 5.89. The number of hydrogen-bond donors (Lipinski definition) is 0. The third-order valence-electron chi connectivity index (χ3n) is 2.03. The number of rotatable bonds is 0. The van der Waals surface area contributed by atoms with E-state index in [1.165, 1.54) is 0 Å². The summed E-state index contributed by atoms with van der Waals surface area (Å²) in [6, 6.07) is 0. The van der Waals surface area contributed by atoms with Crippen molar-refractivity contribution in [1.82, 2.24) is 4.90 Å². The molecular formula is C9H19NO2. The Morgan fingerprint density at radius 2 is 1.33 bits per heavy atom. The molecule has 1 rings (SSSR count). The van der Waals surface area contributed by atoms with Crippen LogP contribution >= 0.6 is 0 Å². The molecular weight excluding hydrogens is 154 g/mol. The van der Waals surface area contributed by atoms with Gasteiger partial charge in [-0.05, 0) is 19.9 Å². The summed E-state index contributed by atoms with van der Waals surface area (Å²) in [5.41, 5.74) is 0. The monoisotopic (exact) mass is 173 g/mol. The smallest absolute Gasteiger partial charge is 0.0700 e. The SMILES string of the molecule is CN1CCCOCCOCCC1. The van der Waals surface area contributed by atoms with Gasteiger partial charge in [-0.2, -0.15) is 0 Å². The van der Waals surface area contributed by atoms with Crippen LogP contribution in [0, 0.1) is 0 Å². The molecule has 0 aromatic rings. The molecule has 0 spiro atoms. The molecule has 3 heteroatoms. The van der Waals surface area contributed by atoms with Gasteiger partial charge < -0.3 is 14.4 Å². The van der Waals surface area contributed by atoms with Gasteiger partial charge in [-0.3, -0.25) is 0 Å². The summed E-state index contributed by atoms with van der Waals surface area (Å²) in [5.74, 6) is 0. The van der Waals surface area contributed by atoms with Crippen LogP contribution in [0.5, 0.6) is 0 Å². The zero-order valence-corrected chi connectivity index (χ0v) is 7.92. The van der Waals surface area contributed by atoms with Gasteiger partial charge in [-0.15, -0.1) is 0 Å². The van der Waals surface area contributed by atoms with Crippen LogP contribution in [-0.2, 0) is 9.47 Å². The Morgan fingerprint density at radius 3 is 1.83 bits per heavy atom. The minimum absolute atomic E-state index is 0.754. The average molecular weight is 173 g/mol. The van der Waals surface area contributed by atoms with E-state index in [2.05, 4.69) is 11.9 Å². The highest BCUT2D eigenvalue weighted by molar-refractivity contribution is 4.52. The van der Waals surface area contributed by atoms with E-state index in [1.54, 1.807) is 0 Å². The van der Waals surface area contributed by atoms with E-state index in [1.807, 2.05) is 0 Å². The van der Waals surface area contributed by atoms with Gasteiger partial charge in [0.05, 0.1) is 13.2 Å². The summed E-state index contributed by atoms with van der Waals surface area (Å²) in [6.07, 6.45) is 2.27. The van der Waals surface area contributed by atoms with E-state index >= 15 is 0 Å². The van der Waals surface area contributed by atoms with E-state index in [0.717, 1.165) is 52.4 Å². The van der Waals surface area contributed by atoms with Crippen molar-refractivity contribution in [3.05, 3.63) is 0 Å². The number of hydrogen-bond acceptors (Lipinski definition) is 3. The van der Waals surface area contributed by atoms with Crippen LogP contribution in [0.1, 0.15) is 12.8 Å². The summed E-state index contributed by atoms with van der Waals surface area (Å²) in [7, 11) is 2.15. The van der Waals surface area contributed by atoms with Crippen LogP contribution in [0.15, 0.2) is 0 Å². The Labute approximate surface area is 74.6 Å². The van der Waals surface area contributed by atoms with Gasteiger partial charge >= 0.3 is 0 Å². The molecule has 72 valence electrons. The van der Waals surface area contributed by atoms with Gasteiger partial charge in [0, 0.05) is 26.3 Å². The molecule has 0 bridgehead atoms. The molecule has 0 radical (unpaired) electrons. The lowest BCUT2D eigenvalue weighted by Gasteiger charge is -2.14. The van der Waals surface area contributed by atoms with Gasteiger partial charge in [0.15, 0.2) is 0 Å². The van der Waals surface area contributed by atoms with Crippen molar-refractivity contribution < 1.29 is 9.47 Å². The van der Waals surface area contributed by atoms with Crippen LogP contribution < -0.4 is 0 Å². The Balaban J connectivity index is 2.13. The highest BCUT2D eigenvalue weighted by Gasteiger charge is 2.00. The second kappa shape index (κ2) is 6.40. The Morgan fingerprint density at radius 1 is 0.833 bits per heavy atom. The van der Waals surface area contributed by atoms with Crippen molar-refractivity contribution in [3.63, 3.8) is 0 Å². The lowest BCUT2D eigenvalue weighted by molar-refractivity contribution is 0.0494. The third-order valence-corrected chi connectivity index (χ3v) is 2.03. The summed E-state index contributed by atoms with van der Waals surface area (Å²) >= 11 is 0. The van der Waals surface area contributed by atoms with Crippen LogP contribution in [-0.4, -0.2) is 51.5 Å². The molecule has 0 aromatic carbocycles. The fourth-order valence-electron chi connectivity index (χ4n) is 1.31. The fourth-order valence-corrected chi connectivity index (χ4v) is 1.31. The third kappa shape index (κ3) is 4.70. The van der Waals surface area contributed by atoms with Gasteiger partial charge in [-0.25, -0.2) is 0 Å². The van der Waals surface area contributed by atoms with Crippen LogP contribution in [0.3, 0.4) is 0 Å². The van der Waals surface area contributed by atoms with Crippen molar-refractivity contribution >= 4 is 0 Å². The molecule has 12 heavy (non-hydrogen) atoms. The largest absolute Gasteiger partial charge is 0.379 e. The molecule has 0 saturated carbocycles. The molecule has 0 unspecified atom stereocenters. The molecule has 0 amide bonds. The molecule has 0 aliphatic carbocycles. The molecule has 1 saturated heterocycles. The topological polar surface area (TPSA) is 21.7 Å². The van der Waals surface area contributed by atoms with Gasteiger partial charge in [-0.1, -0.05) is 0 Å². The molecule has 1 fully saturated rings. The normalized spacial score (nSPS) is 24.8. The zero-order valence-electron chi connectivity index (χ0n) is 7.92. The van der Waals surface area contributed by atoms with E-state index < -0.39 is 0 Å². The Kier molecular flexibility index (Phi) is 5.32. The molecule has 1 heterocycles. The van der Waals surface area contributed by atoms with E-state index in [0.29, 0.717) is 0 Å². The Bertz CT molecular complexity index is 96.7. The van der Waals surface area contributed by atoms with Crippen molar-refractivity contribution in [1.29, 1.82) is 0 Å². The highest BCUT2D eigenvalue weighted by Crippen LogP contribution is 1.94. The van der Waals surface area contributed by atoms with E-state index in [-0.39, 0.29) is 0 Å². The minimum Gasteiger partial charge on any atom is -0.379 e. The van der Waals surface area contributed by atoms with E-state index in [4.69, 9.17) is 9.47 Å². The lowest BCUT2D eigenvalue weighted by Crippen LogP contribution is -2.22. The van der Waals surface area contributed by atoms with Crippen LogP contribution in [0.4, 0.5) is 0 Å². The lowest BCUT2D eigenvalue weighted by atomic mass is 10.3. The second-order valence-corrected chi connectivity index (χ2v) is 3.24. The number of ether oxygens (including phenoxy) is 2. The first-order valence-electron chi connectivity index (χ1n) is 4.73. The zero-order chi connectivity index (χ0) is 8.65. The summed E-state index contributed by atoms with van der Waals surface area (Å²) in [5, 5.41) is 0. The minimum atomic E-state index is 0.754. The highest BCUT2D eigenvalue weighted by atomic mass is 16.5. The van der Waals surface area contributed by atoms with Crippen molar-refractivity contribution in [2.75, 3.05) is 46.6 Å². The summed E-state index contributed by atoms with van der Waals surface area (Å²) in [4.78, 5) is 2.33. The van der Waals surface area contributed by atoms with Crippen LogP contribution in [0.25, 0.3) is 0 Å². The van der Waals surface area contributed by atoms with Crippen molar-refractivity contribution in [2.24, 2.45) is 0 Å². The standard InChI is InChI=1S/C9H19NO2/c1-10-4-2-6-11-8-9-12-7-3-5-10/h2-9H2,1H3. The fraction of sp³-hybridized carbons (Fsp3) is 1.00. The second-order valence-electron chi connectivity index (χ2n) is 3.24. The molecule has 0 N–H and O–H groups in total. The quantitative estimate of drug-likeness (QED) is 0.539.